The summed E-state index contributed by atoms with van der Waals surface area (Å²) in [5.74, 6) is -0.489. The van der Waals surface area contributed by atoms with Crippen molar-refractivity contribution in [3.63, 3.8) is 0 Å². The van der Waals surface area contributed by atoms with E-state index < -0.39 is 0 Å². The third kappa shape index (κ3) is 2.98. The van der Waals surface area contributed by atoms with Crippen molar-refractivity contribution < 1.29 is 9.59 Å². The molecule has 2 heterocycles. The number of rotatable bonds is 4. The number of hydrogen-bond donors (Lipinski definition) is 2. The second-order valence-electron chi connectivity index (χ2n) is 5.42. The maximum Gasteiger partial charge on any atom is 0.227 e. The summed E-state index contributed by atoms with van der Waals surface area (Å²) in [6.45, 7) is 2.72. The van der Waals surface area contributed by atoms with Crippen molar-refractivity contribution >= 4 is 17.5 Å². The molecule has 0 spiro atoms. The maximum absolute atomic E-state index is 12.2. The summed E-state index contributed by atoms with van der Waals surface area (Å²) in [7, 11) is 0. The molecule has 7 nitrogen and oxygen atoms in total. The van der Waals surface area contributed by atoms with Crippen LogP contribution in [-0.2, 0) is 16.1 Å². The summed E-state index contributed by atoms with van der Waals surface area (Å²) >= 11 is 0. The molecule has 1 aliphatic rings. The zero-order chi connectivity index (χ0) is 15.5. The Kier molecular flexibility index (Phi) is 3.86. The number of nitrogens with one attached hydrogen (secondary N) is 2. The molecule has 1 saturated heterocycles. The number of nitrogens with zero attached hydrogens (tertiary/aromatic N) is 3. The highest BCUT2D eigenvalue weighted by Crippen LogP contribution is 2.25. The first-order valence-electron chi connectivity index (χ1n) is 7.13. The van der Waals surface area contributed by atoms with Crippen molar-refractivity contribution in [2.45, 2.75) is 19.9 Å². The van der Waals surface area contributed by atoms with Crippen LogP contribution in [0.1, 0.15) is 17.7 Å². The molecule has 3 rings (SSSR count). The molecule has 1 aromatic heterocycles. The van der Waals surface area contributed by atoms with E-state index in [1.165, 1.54) is 0 Å². The first-order chi connectivity index (χ1) is 10.6. The fourth-order valence-corrected chi connectivity index (χ4v) is 2.49. The van der Waals surface area contributed by atoms with Gasteiger partial charge in [0.25, 0.3) is 0 Å². The van der Waals surface area contributed by atoms with Crippen LogP contribution in [-0.4, -0.2) is 33.8 Å². The van der Waals surface area contributed by atoms with Gasteiger partial charge in [-0.25, -0.2) is 0 Å². The van der Waals surface area contributed by atoms with E-state index >= 15 is 0 Å². The molecule has 0 aliphatic carbocycles. The largest absolute Gasteiger partial charge is 0.350 e. The van der Waals surface area contributed by atoms with Gasteiger partial charge in [-0.05, 0) is 19.1 Å². The van der Waals surface area contributed by atoms with Gasteiger partial charge in [0.15, 0.2) is 0 Å². The minimum absolute atomic E-state index is 0.0227. The fraction of sp³-hybridized carbons (Fsp3) is 0.333. The highest BCUT2D eigenvalue weighted by Gasteiger charge is 2.34. The van der Waals surface area contributed by atoms with Crippen molar-refractivity contribution in [1.29, 1.82) is 0 Å². The first-order valence-corrected chi connectivity index (χ1v) is 7.13. The van der Waals surface area contributed by atoms with Crippen LogP contribution in [0.2, 0.25) is 0 Å². The second kappa shape index (κ2) is 5.97. The van der Waals surface area contributed by atoms with Crippen molar-refractivity contribution in [3.8, 4) is 0 Å². The third-order valence-corrected chi connectivity index (χ3v) is 3.75. The number of aromatic amines is 1. The Hall–Kier alpha value is -2.70. The van der Waals surface area contributed by atoms with Crippen LogP contribution in [0, 0.1) is 12.8 Å². The molecule has 1 aromatic carbocycles. The van der Waals surface area contributed by atoms with Gasteiger partial charge in [0.1, 0.15) is 5.69 Å². The Bertz CT molecular complexity index is 666. The molecule has 0 radical (unpaired) electrons. The van der Waals surface area contributed by atoms with E-state index in [1.54, 1.807) is 11.1 Å². The Labute approximate surface area is 127 Å². The molecule has 22 heavy (non-hydrogen) atoms. The molecule has 2 N–H and O–H groups in total. The van der Waals surface area contributed by atoms with Gasteiger partial charge in [-0.15, -0.1) is 0 Å². The van der Waals surface area contributed by atoms with Gasteiger partial charge in [-0.2, -0.15) is 15.4 Å². The topological polar surface area (TPSA) is 91.0 Å². The lowest BCUT2D eigenvalue weighted by molar-refractivity contribution is -0.126. The number of carbonyl (C=O) groups is 2. The van der Waals surface area contributed by atoms with E-state index in [4.69, 9.17) is 0 Å². The number of aromatic nitrogens is 3. The van der Waals surface area contributed by atoms with Crippen molar-refractivity contribution in [3.05, 3.63) is 41.7 Å². The zero-order valence-corrected chi connectivity index (χ0v) is 12.2. The van der Waals surface area contributed by atoms with Gasteiger partial charge in [0.2, 0.25) is 11.8 Å². The lowest BCUT2D eigenvalue weighted by atomic mass is 10.1. The SMILES string of the molecule is Cc1ccc(N2C[C@@H](C(=O)NCc3cn[nH]n3)CC2=O)cc1. The molecule has 1 fully saturated rings. The second-order valence-corrected chi connectivity index (χ2v) is 5.42. The monoisotopic (exact) mass is 299 g/mol. The van der Waals surface area contributed by atoms with Crippen LogP contribution in [0.25, 0.3) is 0 Å². The number of anilines is 1. The summed E-state index contributed by atoms with van der Waals surface area (Å²) in [5, 5.41) is 12.8. The van der Waals surface area contributed by atoms with Gasteiger partial charge in [0.05, 0.1) is 18.7 Å². The quantitative estimate of drug-likeness (QED) is 0.873. The molecule has 114 valence electrons. The molecule has 1 aliphatic heterocycles. The van der Waals surface area contributed by atoms with Crippen molar-refractivity contribution in [1.82, 2.24) is 20.7 Å². The molecule has 0 bridgehead atoms. The summed E-state index contributed by atoms with van der Waals surface area (Å²) in [4.78, 5) is 26.0. The molecule has 0 unspecified atom stereocenters. The standard InChI is InChI=1S/C15H17N5O2/c1-10-2-4-13(5-3-10)20-9-11(6-14(20)21)15(22)16-7-12-8-17-19-18-12/h2-5,8,11H,6-7,9H2,1H3,(H,16,22)(H,17,18,19)/t11-/m0/s1. The molecule has 2 aromatic rings. The zero-order valence-electron chi connectivity index (χ0n) is 12.2. The molecule has 1 atom stereocenters. The molecular weight excluding hydrogens is 282 g/mol. The van der Waals surface area contributed by atoms with Crippen LogP contribution in [0.15, 0.2) is 30.5 Å². The Morgan fingerprint density at radius 3 is 2.86 bits per heavy atom. The average Bonchev–Trinajstić information content (AvgIpc) is 3.15. The van der Waals surface area contributed by atoms with E-state index in [-0.39, 0.29) is 24.2 Å². The Morgan fingerprint density at radius 2 is 2.18 bits per heavy atom. The summed E-state index contributed by atoms with van der Waals surface area (Å²) in [6, 6.07) is 7.73. The van der Waals surface area contributed by atoms with Crippen molar-refractivity contribution in [2.24, 2.45) is 5.92 Å². The van der Waals surface area contributed by atoms with Crippen LogP contribution in [0.4, 0.5) is 5.69 Å². The minimum Gasteiger partial charge on any atom is -0.350 e. The van der Waals surface area contributed by atoms with Crippen molar-refractivity contribution in [2.75, 3.05) is 11.4 Å². The van der Waals surface area contributed by atoms with Crippen LogP contribution >= 0.6 is 0 Å². The number of amides is 2. The Balaban J connectivity index is 1.61. The minimum atomic E-state index is -0.333. The predicted octanol–water partition coefficient (Wildman–Crippen LogP) is 0.782. The van der Waals surface area contributed by atoms with E-state index in [1.807, 2.05) is 31.2 Å². The number of benzene rings is 1. The molecule has 7 heteroatoms. The number of H-pyrrole nitrogens is 1. The van der Waals surface area contributed by atoms with Crippen LogP contribution in [0.5, 0.6) is 0 Å². The number of carbonyl (C=O) groups excluding carboxylic acids is 2. The average molecular weight is 299 g/mol. The van der Waals surface area contributed by atoms with E-state index in [0.29, 0.717) is 18.8 Å². The fourth-order valence-electron chi connectivity index (χ4n) is 2.49. The van der Waals surface area contributed by atoms with Gasteiger partial charge in [0, 0.05) is 18.7 Å². The lowest BCUT2D eigenvalue weighted by Crippen LogP contribution is -2.32. The lowest BCUT2D eigenvalue weighted by Gasteiger charge is -2.16. The predicted molar refractivity (Wildman–Crippen MR) is 79.9 cm³/mol. The normalized spacial score (nSPS) is 17.8. The maximum atomic E-state index is 12.2. The van der Waals surface area contributed by atoms with E-state index in [0.717, 1.165) is 11.3 Å². The molecular formula is C15H17N5O2. The smallest absolute Gasteiger partial charge is 0.227 e. The molecule has 2 amide bonds. The number of hydrogen-bond acceptors (Lipinski definition) is 4. The van der Waals surface area contributed by atoms with Gasteiger partial charge in [-0.3, -0.25) is 9.59 Å². The van der Waals surface area contributed by atoms with E-state index in [9.17, 15) is 9.59 Å². The highest BCUT2D eigenvalue weighted by molar-refractivity contribution is 6.00. The van der Waals surface area contributed by atoms with Gasteiger partial charge in [-0.1, -0.05) is 17.7 Å². The van der Waals surface area contributed by atoms with E-state index in [2.05, 4.69) is 20.7 Å². The highest BCUT2D eigenvalue weighted by atomic mass is 16.2. The third-order valence-electron chi connectivity index (χ3n) is 3.75. The molecule has 0 saturated carbocycles. The van der Waals surface area contributed by atoms with Crippen LogP contribution < -0.4 is 10.2 Å². The summed E-state index contributed by atoms with van der Waals surface area (Å²) in [5.41, 5.74) is 2.63. The van der Waals surface area contributed by atoms with Gasteiger partial charge < -0.3 is 10.2 Å². The Morgan fingerprint density at radius 1 is 1.41 bits per heavy atom. The van der Waals surface area contributed by atoms with Crippen LogP contribution in [0.3, 0.4) is 0 Å². The summed E-state index contributed by atoms with van der Waals surface area (Å²) in [6.07, 6.45) is 1.79. The summed E-state index contributed by atoms with van der Waals surface area (Å²) < 4.78 is 0. The first kappa shape index (κ1) is 14.2. The van der Waals surface area contributed by atoms with Gasteiger partial charge >= 0.3 is 0 Å². The number of aryl methyl sites for hydroxylation is 1.